The van der Waals surface area contributed by atoms with E-state index in [1.165, 1.54) is 6.08 Å². The van der Waals surface area contributed by atoms with Crippen LogP contribution in [0.3, 0.4) is 0 Å². The molecule has 2 aromatic rings. The number of ether oxygens (including phenoxy) is 2. The lowest BCUT2D eigenvalue weighted by Crippen LogP contribution is -2.07. The highest BCUT2D eigenvalue weighted by Gasteiger charge is 2.05. The van der Waals surface area contributed by atoms with Crippen molar-refractivity contribution in [3.63, 3.8) is 0 Å². The number of hydrogen-bond acceptors (Lipinski definition) is 3. The molecule has 0 bridgehead atoms. The first-order valence-electron chi connectivity index (χ1n) is 8.11. The largest absolute Gasteiger partial charge is 0.490 e. The van der Waals surface area contributed by atoms with E-state index in [0.29, 0.717) is 30.4 Å². The van der Waals surface area contributed by atoms with E-state index >= 15 is 0 Å². The average molecular weight is 335 g/mol. The highest BCUT2D eigenvalue weighted by atomic mass is 16.5. The number of nitrogens with one attached hydrogen (secondary N) is 1. The van der Waals surface area contributed by atoms with Crippen molar-refractivity contribution in [3.05, 3.63) is 59.7 Å². The van der Waals surface area contributed by atoms with Crippen LogP contribution in [0.1, 0.15) is 25.0 Å². The van der Waals surface area contributed by atoms with Gasteiger partial charge in [-0.1, -0.05) is 18.1 Å². The first kappa shape index (κ1) is 18.2. The molecule has 0 aliphatic heterocycles. The molecule has 0 aliphatic carbocycles. The van der Waals surface area contributed by atoms with Gasteiger partial charge in [-0.05, 0) is 55.8 Å². The maximum atomic E-state index is 12.1. The summed E-state index contributed by atoms with van der Waals surface area (Å²) < 4.78 is 11.1. The fraction of sp³-hybridized carbons (Fsp3) is 0.190. The zero-order valence-electron chi connectivity index (χ0n) is 14.4. The smallest absolute Gasteiger partial charge is 0.248 e. The van der Waals surface area contributed by atoms with E-state index in [1.54, 1.807) is 30.3 Å². The summed E-state index contributed by atoms with van der Waals surface area (Å²) in [5.41, 5.74) is 2.22. The molecular formula is C21H21NO3. The second-order valence-electron chi connectivity index (χ2n) is 5.12. The van der Waals surface area contributed by atoms with Gasteiger partial charge >= 0.3 is 0 Å². The Labute approximate surface area is 148 Å². The standard InChI is InChI=1S/C21H21NO3/c1-4-16-8-7-9-18(14-16)22-21(23)13-11-17-10-12-19(24-5-2)20(15-17)25-6-3/h1,7-15H,5-6H2,2-3H3,(H,22,23)/b13-11+. The Hall–Kier alpha value is -3.19. The molecule has 1 N–H and O–H groups in total. The molecule has 0 saturated carbocycles. The number of rotatable bonds is 7. The fourth-order valence-electron chi connectivity index (χ4n) is 2.21. The third-order valence-corrected chi connectivity index (χ3v) is 3.29. The predicted octanol–water partition coefficient (Wildman–Crippen LogP) is 4.12. The molecule has 2 aromatic carbocycles. The van der Waals surface area contributed by atoms with Gasteiger partial charge in [-0.2, -0.15) is 0 Å². The Morgan fingerprint density at radius 3 is 2.60 bits per heavy atom. The van der Waals surface area contributed by atoms with Gasteiger partial charge in [-0.15, -0.1) is 6.42 Å². The molecule has 0 fully saturated rings. The van der Waals surface area contributed by atoms with Crippen LogP contribution in [0, 0.1) is 12.3 Å². The SMILES string of the molecule is C#Cc1cccc(NC(=O)/C=C/c2ccc(OCC)c(OCC)c2)c1. The monoisotopic (exact) mass is 335 g/mol. The van der Waals surface area contributed by atoms with Crippen LogP contribution in [0.2, 0.25) is 0 Å². The molecule has 4 nitrogen and oxygen atoms in total. The van der Waals surface area contributed by atoms with Gasteiger partial charge in [-0.3, -0.25) is 4.79 Å². The molecule has 0 saturated heterocycles. The highest BCUT2D eigenvalue weighted by Crippen LogP contribution is 2.29. The Kier molecular flexibility index (Phi) is 6.67. The van der Waals surface area contributed by atoms with Crippen molar-refractivity contribution >= 4 is 17.7 Å². The summed E-state index contributed by atoms with van der Waals surface area (Å²) >= 11 is 0. The highest BCUT2D eigenvalue weighted by molar-refractivity contribution is 6.02. The van der Waals surface area contributed by atoms with E-state index in [-0.39, 0.29) is 5.91 Å². The van der Waals surface area contributed by atoms with Gasteiger partial charge in [0.25, 0.3) is 0 Å². The Morgan fingerprint density at radius 1 is 1.12 bits per heavy atom. The summed E-state index contributed by atoms with van der Waals surface area (Å²) in [4.78, 5) is 12.1. The number of anilines is 1. The van der Waals surface area contributed by atoms with Crippen molar-refractivity contribution in [1.29, 1.82) is 0 Å². The van der Waals surface area contributed by atoms with Gasteiger partial charge in [0.15, 0.2) is 11.5 Å². The van der Waals surface area contributed by atoms with Gasteiger partial charge in [0.1, 0.15) is 0 Å². The predicted molar refractivity (Wildman–Crippen MR) is 101 cm³/mol. The first-order chi connectivity index (χ1) is 12.2. The topological polar surface area (TPSA) is 47.6 Å². The molecule has 2 rings (SSSR count). The second kappa shape index (κ2) is 9.19. The Balaban J connectivity index is 2.08. The summed E-state index contributed by atoms with van der Waals surface area (Å²) in [7, 11) is 0. The summed E-state index contributed by atoms with van der Waals surface area (Å²) in [6.07, 6.45) is 8.54. The third kappa shape index (κ3) is 5.43. The van der Waals surface area contributed by atoms with E-state index in [2.05, 4.69) is 11.2 Å². The molecule has 0 radical (unpaired) electrons. The summed E-state index contributed by atoms with van der Waals surface area (Å²) in [6.45, 7) is 4.94. The summed E-state index contributed by atoms with van der Waals surface area (Å²) in [5, 5.41) is 2.78. The molecule has 0 atom stereocenters. The molecule has 0 heterocycles. The van der Waals surface area contributed by atoms with Gasteiger partial charge in [0.05, 0.1) is 13.2 Å². The van der Waals surface area contributed by atoms with Crippen molar-refractivity contribution in [1.82, 2.24) is 0 Å². The lowest BCUT2D eigenvalue weighted by Gasteiger charge is -2.11. The van der Waals surface area contributed by atoms with Crippen molar-refractivity contribution in [2.24, 2.45) is 0 Å². The van der Waals surface area contributed by atoms with Crippen molar-refractivity contribution in [2.75, 3.05) is 18.5 Å². The molecular weight excluding hydrogens is 314 g/mol. The molecule has 0 unspecified atom stereocenters. The fourth-order valence-corrected chi connectivity index (χ4v) is 2.21. The second-order valence-corrected chi connectivity index (χ2v) is 5.12. The van der Waals surface area contributed by atoms with Gasteiger partial charge in [-0.25, -0.2) is 0 Å². The Morgan fingerprint density at radius 2 is 1.88 bits per heavy atom. The maximum absolute atomic E-state index is 12.1. The molecule has 0 aliphatic rings. The van der Waals surface area contributed by atoms with Crippen LogP contribution in [0.5, 0.6) is 11.5 Å². The van der Waals surface area contributed by atoms with E-state index in [1.807, 2.05) is 32.0 Å². The summed E-state index contributed by atoms with van der Waals surface area (Å²) in [6, 6.07) is 12.7. The first-order valence-corrected chi connectivity index (χ1v) is 8.11. The van der Waals surface area contributed by atoms with E-state index in [4.69, 9.17) is 15.9 Å². The molecule has 25 heavy (non-hydrogen) atoms. The van der Waals surface area contributed by atoms with Crippen LogP contribution in [0.15, 0.2) is 48.5 Å². The third-order valence-electron chi connectivity index (χ3n) is 3.29. The van der Waals surface area contributed by atoms with Crippen molar-refractivity contribution in [3.8, 4) is 23.8 Å². The minimum absolute atomic E-state index is 0.235. The number of amides is 1. The molecule has 4 heteroatoms. The quantitative estimate of drug-likeness (QED) is 0.612. The minimum Gasteiger partial charge on any atom is -0.490 e. The number of hydrogen-bond donors (Lipinski definition) is 1. The van der Waals surface area contributed by atoms with Crippen LogP contribution in [-0.4, -0.2) is 19.1 Å². The molecule has 0 spiro atoms. The average Bonchev–Trinajstić information content (AvgIpc) is 2.62. The molecule has 128 valence electrons. The van der Waals surface area contributed by atoms with E-state index in [0.717, 1.165) is 11.1 Å². The number of benzene rings is 2. The van der Waals surface area contributed by atoms with Gasteiger partial charge < -0.3 is 14.8 Å². The molecule has 0 aromatic heterocycles. The van der Waals surface area contributed by atoms with Crippen molar-refractivity contribution < 1.29 is 14.3 Å². The zero-order valence-corrected chi connectivity index (χ0v) is 14.4. The number of carbonyl (C=O) groups is 1. The van der Waals surface area contributed by atoms with Crippen LogP contribution in [0.25, 0.3) is 6.08 Å². The van der Waals surface area contributed by atoms with E-state index in [9.17, 15) is 4.79 Å². The molecule has 1 amide bonds. The van der Waals surface area contributed by atoms with Crippen LogP contribution >= 0.6 is 0 Å². The van der Waals surface area contributed by atoms with Crippen LogP contribution < -0.4 is 14.8 Å². The van der Waals surface area contributed by atoms with Crippen molar-refractivity contribution in [2.45, 2.75) is 13.8 Å². The van der Waals surface area contributed by atoms with Gasteiger partial charge in [0.2, 0.25) is 5.91 Å². The lowest BCUT2D eigenvalue weighted by molar-refractivity contribution is -0.111. The normalized spacial score (nSPS) is 10.3. The number of terminal acetylenes is 1. The Bertz CT molecular complexity index is 803. The van der Waals surface area contributed by atoms with Crippen LogP contribution in [0.4, 0.5) is 5.69 Å². The van der Waals surface area contributed by atoms with Crippen LogP contribution in [-0.2, 0) is 4.79 Å². The zero-order chi connectivity index (χ0) is 18.1. The minimum atomic E-state index is -0.235. The number of carbonyl (C=O) groups excluding carboxylic acids is 1. The maximum Gasteiger partial charge on any atom is 0.248 e. The van der Waals surface area contributed by atoms with Gasteiger partial charge in [0, 0.05) is 17.3 Å². The van der Waals surface area contributed by atoms with E-state index < -0.39 is 0 Å². The summed E-state index contributed by atoms with van der Waals surface area (Å²) in [5.74, 6) is 3.65. The lowest BCUT2D eigenvalue weighted by atomic mass is 10.2.